The number of rotatable bonds is 6. The Labute approximate surface area is 199 Å². The number of benzene rings is 2. The Kier molecular flexibility index (Phi) is 5.80. The molecule has 2 aliphatic carbocycles. The van der Waals surface area contributed by atoms with Gasteiger partial charge < -0.3 is 20.1 Å². The van der Waals surface area contributed by atoms with Crippen molar-refractivity contribution in [1.29, 1.82) is 0 Å². The van der Waals surface area contributed by atoms with Gasteiger partial charge in [0.15, 0.2) is 0 Å². The number of carbonyl (C=O) groups excluding carboxylic acids is 2. The average Bonchev–Trinajstić information content (AvgIpc) is 3.38. The molecule has 2 N–H and O–H groups in total. The number of fused-ring (bicyclic) bond motifs is 3. The Morgan fingerprint density at radius 1 is 1.09 bits per heavy atom. The summed E-state index contributed by atoms with van der Waals surface area (Å²) in [6.45, 7) is 2.66. The number of nitrogens with zero attached hydrogens (tertiary/aromatic N) is 1. The lowest BCUT2D eigenvalue weighted by molar-refractivity contribution is -0.146. The van der Waals surface area contributed by atoms with Crippen molar-refractivity contribution in [3.63, 3.8) is 0 Å². The summed E-state index contributed by atoms with van der Waals surface area (Å²) in [5.41, 5.74) is 4.26. The molecule has 1 aliphatic heterocycles. The molecule has 7 nitrogen and oxygen atoms in total. The number of nitrogens with one attached hydrogen (secondary N) is 1. The Morgan fingerprint density at radius 3 is 2.21 bits per heavy atom. The fourth-order valence-corrected chi connectivity index (χ4v) is 5.96. The Bertz CT molecular complexity index is 1080. The first-order valence-electron chi connectivity index (χ1n) is 12.1. The maximum absolute atomic E-state index is 13.2. The highest BCUT2D eigenvalue weighted by molar-refractivity contribution is 5.87. The third-order valence-electron chi connectivity index (χ3n) is 7.95. The van der Waals surface area contributed by atoms with Crippen molar-refractivity contribution in [3.8, 4) is 11.1 Å². The standard InChI is InChI=1S/C27H30N2O5/c1-2-23(24(30)29-14-22(25(31)32)27(16-29)12-7-13-27)28-26(33)34-15-21-19-10-5-3-8-17(19)18-9-4-6-11-20(18)21/h3-6,8-11,21-23H,2,7,12-16H2,1H3,(H,28,33)(H,31,32)/t22?,23-/m0/s1. The number of ether oxygens (including phenoxy) is 1. The molecule has 0 radical (unpaired) electrons. The van der Waals surface area contributed by atoms with Gasteiger partial charge in [-0.2, -0.15) is 0 Å². The van der Waals surface area contributed by atoms with Gasteiger partial charge in [0.1, 0.15) is 12.6 Å². The highest BCUT2D eigenvalue weighted by Crippen LogP contribution is 2.52. The zero-order chi connectivity index (χ0) is 23.9. The first-order valence-corrected chi connectivity index (χ1v) is 12.1. The summed E-state index contributed by atoms with van der Waals surface area (Å²) >= 11 is 0. The summed E-state index contributed by atoms with van der Waals surface area (Å²) in [6, 6.07) is 15.5. The van der Waals surface area contributed by atoms with Gasteiger partial charge in [0.05, 0.1) is 5.92 Å². The zero-order valence-corrected chi connectivity index (χ0v) is 19.3. The van der Waals surface area contributed by atoms with E-state index in [1.165, 1.54) is 0 Å². The SMILES string of the molecule is CC[C@H](NC(=O)OCC1c2ccccc2-c2ccccc21)C(=O)N1CC(C(=O)O)C2(CCC2)C1. The van der Waals surface area contributed by atoms with E-state index in [1.54, 1.807) is 4.90 Å². The van der Waals surface area contributed by atoms with Crippen molar-refractivity contribution < 1.29 is 24.2 Å². The summed E-state index contributed by atoms with van der Waals surface area (Å²) in [7, 11) is 0. The molecule has 1 saturated carbocycles. The second-order valence-electron chi connectivity index (χ2n) is 9.76. The van der Waals surface area contributed by atoms with Crippen LogP contribution in [0.5, 0.6) is 0 Å². The van der Waals surface area contributed by atoms with Gasteiger partial charge in [0.25, 0.3) is 0 Å². The summed E-state index contributed by atoms with van der Waals surface area (Å²) in [5.74, 6) is -1.65. The molecule has 1 unspecified atom stereocenters. The van der Waals surface area contributed by atoms with E-state index in [1.807, 2.05) is 31.2 Å². The number of alkyl carbamates (subject to hydrolysis) is 1. The van der Waals surface area contributed by atoms with Crippen LogP contribution in [0.25, 0.3) is 11.1 Å². The molecule has 0 aromatic heterocycles. The predicted molar refractivity (Wildman–Crippen MR) is 126 cm³/mol. The van der Waals surface area contributed by atoms with Crippen LogP contribution in [0.2, 0.25) is 0 Å². The molecule has 2 aromatic rings. The van der Waals surface area contributed by atoms with E-state index >= 15 is 0 Å². The summed E-state index contributed by atoms with van der Waals surface area (Å²) in [4.78, 5) is 39.2. The molecule has 2 atom stereocenters. The van der Waals surface area contributed by atoms with Crippen molar-refractivity contribution in [2.45, 2.75) is 44.6 Å². The highest BCUT2D eigenvalue weighted by Gasteiger charge is 2.55. The quantitative estimate of drug-likeness (QED) is 0.676. The van der Waals surface area contributed by atoms with Crippen molar-refractivity contribution >= 4 is 18.0 Å². The molecule has 7 heteroatoms. The van der Waals surface area contributed by atoms with Crippen LogP contribution in [0.15, 0.2) is 48.5 Å². The molecule has 34 heavy (non-hydrogen) atoms. The number of amides is 2. The van der Waals surface area contributed by atoms with Crippen LogP contribution in [0.4, 0.5) is 4.79 Å². The maximum atomic E-state index is 13.2. The van der Waals surface area contributed by atoms with E-state index in [0.29, 0.717) is 13.0 Å². The molecule has 1 spiro atoms. The number of aliphatic carboxylic acids is 1. The molecule has 2 amide bonds. The summed E-state index contributed by atoms with van der Waals surface area (Å²) < 4.78 is 5.60. The van der Waals surface area contributed by atoms with E-state index < -0.39 is 24.0 Å². The van der Waals surface area contributed by atoms with Crippen molar-refractivity contribution in [1.82, 2.24) is 10.2 Å². The number of carbonyl (C=O) groups is 3. The average molecular weight is 463 g/mol. The molecule has 178 valence electrons. The number of carboxylic acids is 1. The highest BCUT2D eigenvalue weighted by atomic mass is 16.5. The van der Waals surface area contributed by atoms with Crippen LogP contribution < -0.4 is 5.32 Å². The van der Waals surface area contributed by atoms with Crippen LogP contribution in [-0.4, -0.2) is 53.7 Å². The van der Waals surface area contributed by atoms with Crippen LogP contribution in [0.3, 0.4) is 0 Å². The van der Waals surface area contributed by atoms with Crippen LogP contribution in [-0.2, 0) is 14.3 Å². The van der Waals surface area contributed by atoms with Crippen molar-refractivity contribution in [3.05, 3.63) is 59.7 Å². The summed E-state index contributed by atoms with van der Waals surface area (Å²) in [6.07, 6.45) is 2.45. The van der Waals surface area contributed by atoms with E-state index in [-0.39, 0.29) is 30.4 Å². The van der Waals surface area contributed by atoms with Gasteiger partial charge in [-0.3, -0.25) is 9.59 Å². The fraction of sp³-hybridized carbons (Fsp3) is 0.444. The first-order chi connectivity index (χ1) is 16.4. The number of hydrogen-bond donors (Lipinski definition) is 2. The van der Waals surface area contributed by atoms with Gasteiger partial charge in [-0.25, -0.2) is 4.79 Å². The molecule has 3 aliphatic rings. The monoisotopic (exact) mass is 462 g/mol. The van der Waals surface area contributed by atoms with Gasteiger partial charge in [0, 0.05) is 24.4 Å². The smallest absolute Gasteiger partial charge is 0.407 e. The predicted octanol–water partition coefficient (Wildman–Crippen LogP) is 4.02. The molecular weight excluding hydrogens is 432 g/mol. The van der Waals surface area contributed by atoms with Crippen LogP contribution in [0.1, 0.15) is 49.7 Å². The third kappa shape index (κ3) is 3.73. The second-order valence-corrected chi connectivity index (χ2v) is 9.76. The molecule has 1 heterocycles. The summed E-state index contributed by atoms with van der Waals surface area (Å²) in [5, 5.41) is 12.4. The van der Waals surface area contributed by atoms with Crippen molar-refractivity contribution in [2.75, 3.05) is 19.7 Å². The Balaban J connectivity index is 1.22. The second kappa shape index (κ2) is 8.78. The van der Waals surface area contributed by atoms with Gasteiger partial charge in [-0.15, -0.1) is 0 Å². The third-order valence-corrected chi connectivity index (χ3v) is 7.95. The molecule has 1 saturated heterocycles. The van der Waals surface area contributed by atoms with Crippen LogP contribution >= 0.6 is 0 Å². The fourth-order valence-electron chi connectivity index (χ4n) is 5.96. The maximum Gasteiger partial charge on any atom is 0.407 e. The topological polar surface area (TPSA) is 95.9 Å². The Morgan fingerprint density at radius 2 is 1.71 bits per heavy atom. The molecule has 0 bridgehead atoms. The van der Waals surface area contributed by atoms with Gasteiger partial charge in [-0.1, -0.05) is 61.9 Å². The van der Waals surface area contributed by atoms with E-state index in [9.17, 15) is 19.5 Å². The zero-order valence-electron chi connectivity index (χ0n) is 19.3. The lowest BCUT2D eigenvalue weighted by Crippen LogP contribution is -2.48. The van der Waals surface area contributed by atoms with Gasteiger partial charge in [-0.05, 0) is 41.5 Å². The van der Waals surface area contributed by atoms with Gasteiger partial charge in [0.2, 0.25) is 5.91 Å². The number of likely N-dealkylation sites (tertiary alicyclic amines) is 1. The van der Waals surface area contributed by atoms with E-state index in [4.69, 9.17) is 4.74 Å². The minimum absolute atomic E-state index is 0.0534. The molecule has 5 rings (SSSR count). The minimum atomic E-state index is -0.840. The molecule has 2 fully saturated rings. The minimum Gasteiger partial charge on any atom is -0.481 e. The number of hydrogen-bond acceptors (Lipinski definition) is 4. The van der Waals surface area contributed by atoms with E-state index in [2.05, 4.69) is 29.6 Å². The first kappa shape index (κ1) is 22.4. The van der Waals surface area contributed by atoms with E-state index in [0.717, 1.165) is 41.5 Å². The van der Waals surface area contributed by atoms with Crippen molar-refractivity contribution in [2.24, 2.45) is 11.3 Å². The molecular formula is C27H30N2O5. The lowest BCUT2D eigenvalue weighted by atomic mass is 9.63. The number of carboxylic acid groups (broad SMARTS) is 1. The Hall–Kier alpha value is -3.35. The lowest BCUT2D eigenvalue weighted by Gasteiger charge is -2.41. The molecule has 2 aromatic carbocycles. The van der Waals surface area contributed by atoms with Crippen LogP contribution in [0, 0.1) is 11.3 Å². The van der Waals surface area contributed by atoms with Gasteiger partial charge >= 0.3 is 12.1 Å². The normalized spacial score (nSPS) is 20.9. The largest absolute Gasteiger partial charge is 0.481 e.